The lowest BCUT2D eigenvalue weighted by molar-refractivity contribution is 0.401. The Morgan fingerprint density at radius 1 is 0.926 bits per heavy atom. The first-order valence-electron chi connectivity index (χ1n) is 8.59. The topological polar surface area (TPSA) is 80.9 Å². The normalized spacial score (nSPS) is 10.3. The molecule has 0 saturated carbocycles. The van der Waals surface area contributed by atoms with E-state index in [1.807, 2.05) is 6.92 Å². The van der Waals surface area contributed by atoms with Crippen LogP contribution < -0.4 is 0 Å². The van der Waals surface area contributed by atoms with E-state index in [-0.39, 0.29) is 23.0 Å². The minimum atomic E-state index is -0.192. The average molecular weight is 368 g/mol. The van der Waals surface area contributed by atoms with E-state index >= 15 is 0 Å². The Balaban J connectivity index is 0.000000646. The van der Waals surface area contributed by atoms with Crippen LogP contribution in [0.3, 0.4) is 0 Å². The van der Waals surface area contributed by atoms with Crippen molar-refractivity contribution in [2.45, 2.75) is 34.6 Å². The minimum Gasteiger partial charge on any atom is -0.504 e. The zero-order valence-electron chi connectivity index (χ0n) is 16.5. The third-order valence-electron chi connectivity index (χ3n) is 4.14. The van der Waals surface area contributed by atoms with Crippen molar-refractivity contribution in [2.24, 2.45) is 0 Å². The van der Waals surface area contributed by atoms with E-state index in [1.54, 1.807) is 38.1 Å². The molecule has 4 nitrogen and oxygen atoms in total. The zero-order valence-corrected chi connectivity index (χ0v) is 16.5. The van der Waals surface area contributed by atoms with Gasteiger partial charge < -0.3 is 20.4 Å². The monoisotopic (exact) mass is 368 g/mol. The lowest BCUT2D eigenvalue weighted by Gasteiger charge is -2.08. The van der Waals surface area contributed by atoms with E-state index in [4.69, 9.17) is 0 Å². The second kappa shape index (κ2) is 9.53. The molecule has 2 aromatic rings. The molecule has 0 aliphatic carbocycles. The minimum absolute atomic E-state index is 0.139. The van der Waals surface area contributed by atoms with Gasteiger partial charge in [-0.05, 0) is 75.1 Å². The zero-order chi connectivity index (χ0) is 20.7. The van der Waals surface area contributed by atoms with Gasteiger partial charge in [-0.2, -0.15) is 0 Å². The first-order valence-corrected chi connectivity index (χ1v) is 8.59. The summed E-state index contributed by atoms with van der Waals surface area (Å²) >= 11 is 0. The molecule has 0 aliphatic heterocycles. The third kappa shape index (κ3) is 5.96. The summed E-state index contributed by atoms with van der Waals surface area (Å²) in [6, 6.07) is 6.27. The van der Waals surface area contributed by atoms with Crippen molar-refractivity contribution in [2.75, 3.05) is 0 Å². The number of hydrogen-bond acceptors (Lipinski definition) is 4. The number of phenols is 4. The van der Waals surface area contributed by atoms with Crippen LogP contribution in [0, 0.1) is 13.8 Å². The molecule has 2 aromatic carbocycles. The number of aromatic hydroxyl groups is 4. The number of phenolic OH excluding ortho intramolecular Hbond substituents is 4. The second-order valence-electron chi connectivity index (χ2n) is 6.53. The van der Waals surface area contributed by atoms with Gasteiger partial charge in [-0.3, -0.25) is 0 Å². The molecule has 0 heterocycles. The van der Waals surface area contributed by atoms with Crippen LogP contribution in [0.5, 0.6) is 23.0 Å². The average Bonchev–Trinajstić information content (AvgIpc) is 2.63. The van der Waals surface area contributed by atoms with Crippen LogP contribution in [0.1, 0.15) is 43.0 Å². The lowest BCUT2D eigenvalue weighted by atomic mass is 10.0. The summed E-state index contributed by atoms with van der Waals surface area (Å²) < 4.78 is 0. The molecule has 0 spiro atoms. The van der Waals surface area contributed by atoms with Gasteiger partial charge in [0.2, 0.25) is 0 Å². The lowest BCUT2D eigenvalue weighted by Crippen LogP contribution is -1.85. The smallest absolute Gasteiger partial charge is 0.160 e. The van der Waals surface area contributed by atoms with Crippen molar-refractivity contribution in [3.05, 3.63) is 70.8 Å². The Kier molecular flexibility index (Phi) is 7.73. The molecule has 0 aliphatic rings. The number of allylic oxidation sites excluding steroid dienone is 4. The molecule has 4 heteroatoms. The van der Waals surface area contributed by atoms with Gasteiger partial charge in [0.15, 0.2) is 23.0 Å². The molecule has 0 fully saturated rings. The van der Waals surface area contributed by atoms with Gasteiger partial charge >= 0.3 is 0 Å². The fraction of sp³-hybridized carbons (Fsp3) is 0.217. The van der Waals surface area contributed by atoms with E-state index in [2.05, 4.69) is 26.5 Å². The number of benzene rings is 2. The summed E-state index contributed by atoms with van der Waals surface area (Å²) in [5.74, 6) is -0.638. The van der Waals surface area contributed by atoms with E-state index in [9.17, 15) is 20.4 Å². The van der Waals surface area contributed by atoms with Gasteiger partial charge in [-0.1, -0.05) is 36.4 Å². The first-order chi connectivity index (χ1) is 12.6. The van der Waals surface area contributed by atoms with Crippen LogP contribution in [0.4, 0.5) is 0 Å². The summed E-state index contributed by atoms with van der Waals surface area (Å²) in [6.45, 7) is 13.5. The number of hydrogen-bond donors (Lipinski definition) is 4. The molecule has 0 radical (unpaired) electrons. The molecule has 0 aromatic heterocycles. The molecule has 4 N–H and O–H groups in total. The number of aryl methyl sites for hydroxylation is 1. The quantitative estimate of drug-likeness (QED) is 0.312. The molecule has 27 heavy (non-hydrogen) atoms. The van der Waals surface area contributed by atoms with Crippen LogP contribution in [0.15, 0.2) is 48.6 Å². The highest BCUT2D eigenvalue weighted by atomic mass is 16.3. The Labute approximate surface area is 161 Å². The third-order valence-corrected chi connectivity index (χ3v) is 4.14. The summed E-state index contributed by atoms with van der Waals surface area (Å²) in [7, 11) is 0. The van der Waals surface area contributed by atoms with Crippen LogP contribution >= 0.6 is 0 Å². The predicted molar refractivity (Wildman–Crippen MR) is 112 cm³/mol. The van der Waals surface area contributed by atoms with Crippen LogP contribution in [0.25, 0.3) is 11.6 Å². The van der Waals surface area contributed by atoms with Gasteiger partial charge in [0.1, 0.15) is 0 Å². The molecular formula is C23H28O4. The molecule has 0 bridgehead atoms. The highest BCUT2D eigenvalue weighted by molar-refractivity contribution is 5.79. The van der Waals surface area contributed by atoms with E-state index in [0.29, 0.717) is 22.3 Å². The molecule has 0 saturated heterocycles. The van der Waals surface area contributed by atoms with Gasteiger partial charge in [0, 0.05) is 5.56 Å². The van der Waals surface area contributed by atoms with E-state index < -0.39 is 0 Å². The van der Waals surface area contributed by atoms with Crippen molar-refractivity contribution in [1.29, 1.82) is 0 Å². The summed E-state index contributed by atoms with van der Waals surface area (Å²) in [5, 5.41) is 38.3. The van der Waals surface area contributed by atoms with Crippen molar-refractivity contribution in [3.63, 3.8) is 0 Å². The highest BCUT2D eigenvalue weighted by Crippen LogP contribution is 2.33. The van der Waals surface area contributed by atoms with Gasteiger partial charge in [-0.15, -0.1) is 0 Å². The van der Waals surface area contributed by atoms with Crippen molar-refractivity contribution >= 4 is 11.6 Å². The predicted octanol–water partition coefficient (Wildman–Crippen LogP) is 5.82. The van der Waals surface area contributed by atoms with Gasteiger partial charge in [-0.25, -0.2) is 0 Å². The fourth-order valence-corrected chi connectivity index (χ4v) is 2.11. The Morgan fingerprint density at radius 3 is 2.04 bits per heavy atom. The molecule has 0 amide bonds. The van der Waals surface area contributed by atoms with Crippen molar-refractivity contribution < 1.29 is 20.4 Å². The molecule has 0 unspecified atom stereocenters. The molecule has 2 rings (SSSR count). The molecular weight excluding hydrogens is 340 g/mol. The van der Waals surface area contributed by atoms with Crippen molar-refractivity contribution in [3.8, 4) is 23.0 Å². The summed E-state index contributed by atoms with van der Waals surface area (Å²) in [5.41, 5.74) is 4.58. The van der Waals surface area contributed by atoms with Crippen LogP contribution in [-0.2, 0) is 0 Å². The standard InChI is InChI=1S/C18H18O4.C5H10/c1-10(14-8-11(2)17(21)16(20)9-14)4-5-13-6-7-15(19)18(22)12(13)3;1-4-5(2)3/h4-9,19-22H,1H2,2-3H3;4H,1-3H3/b5-4+;. The molecule has 144 valence electrons. The summed E-state index contributed by atoms with van der Waals surface area (Å²) in [6.07, 6.45) is 5.58. The Morgan fingerprint density at radius 2 is 1.52 bits per heavy atom. The van der Waals surface area contributed by atoms with Gasteiger partial charge in [0.05, 0.1) is 0 Å². The largest absolute Gasteiger partial charge is 0.504 e. The van der Waals surface area contributed by atoms with Crippen LogP contribution in [-0.4, -0.2) is 20.4 Å². The highest BCUT2D eigenvalue weighted by Gasteiger charge is 2.08. The van der Waals surface area contributed by atoms with Crippen molar-refractivity contribution in [1.82, 2.24) is 0 Å². The van der Waals surface area contributed by atoms with Gasteiger partial charge in [0.25, 0.3) is 0 Å². The SMILES string of the molecule is C=C(/C=C/c1ccc(O)c(O)c1C)c1cc(C)c(O)c(O)c1.CC=C(C)C. The number of rotatable bonds is 3. The first kappa shape index (κ1) is 21.9. The maximum atomic E-state index is 9.71. The molecule has 0 atom stereocenters. The summed E-state index contributed by atoms with van der Waals surface area (Å²) in [4.78, 5) is 0. The second-order valence-corrected chi connectivity index (χ2v) is 6.53. The van der Waals surface area contributed by atoms with Crippen LogP contribution in [0.2, 0.25) is 0 Å². The fourth-order valence-electron chi connectivity index (χ4n) is 2.11. The van der Waals surface area contributed by atoms with E-state index in [0.717, 1.165) is 5.56 Å². The van der Waals surface area contributed by atoms with E-state index in [1.165, 1.54) is 17.7 Å². The maximum absolute atomic E-state index is 9.71. The maximum Gasteiger partial charge on any atom is 0.160 e. The Bertz CT molecular complexity index is 862. The Hall–Kier alpha value is -3.14.